The van der Waals surface area contributed by atoms with E-state index in [4.69, 9.17) is 0 Å². The van der Waals surface area contributed by atoms with Crippen LogP contribution in [0.25, 0.3) is 16.8 Å². The molecule has 1 aromatic heterocycles. The van der Waals surface area contributed by atoms with E-state index in [1.807, 2.05) is 47.8 Å². The van der Waals surface area contributed by atoms with Crippen molar-refractivity contribution in [3.05, 3.63) is 76.2 Å². The molecule has 1 heterocycles. The van der Waals surface area contributed by atoms with Gasteiger partial charge in [0.25, 0.3) is 0 Å². The van der Waals surface area contributed by atoms with E-state index in [1.54, 1.807) is 6.20 Å². The van der Waals surface area contributed by atoms with Gasteiger partial charge in [-0.1, -0.05) is 42.5 Å². The first-order valence-corrected chi connectivity index (χ1v) is 8.51. The molecule has 2 aromatic carbocycles. The Labute approximate surface area is 145 Å². The summed E-state index contributed by atoms with van der Waals surface area (Å²) >= 11 is 1.48. The predicted octanol–water partition coefficient (Wildman–Crippen LogP) is 5.40. The Balaban J connectivity index is 1.86. The second-order valence-corrected chi connectivity index (χ2v) is 6.32. The number of benzene rings is 2. The maximum Gasteiger partial charge on any atom is 0.136 e. The van der Waals surface area contributed by atoms with Crippen molar-refractivity contribution in [1.82, 2.24) is 4.98 Å². The zero-order valence-electron chi connectivity index (χ0n) is 13.6. The number of hydrogen-bond donors (Lipinski definition) is 1. The smallest absolute Gasteiger partial charge is 0.136 e. The van der Waals surface area contributed by atoms with Crippen LogP contribution in [0.4, 0.5) is 5.69 Å². The number of aromatic nitrogens is 1. The van der Waals surface area contributed by atoms with Crippen molar-refractivity contribution >= 4 is 22.6 Å². The van der Waals surface area contributed by atoms with Crippen LogP contribution < -0.4 is 5.32 Å². The van der Waals surface area contributed by atoms with Gasteiger partial charge >= 0.3 is 0 Å². The number of nitrogens with one attached hydrogen (secondary N) is 1. The Bertz CT molecular complexity index is 918. The molecule has 1 N–H and O–H groups in total. The van der Waals surface area contributed by atoms with Crippen molar-refractivity contribution in [1.29, 1.82) is 5.26 Å². The zero-order chi connectivity index (χ0) is 16.9. The molecule has 0 aliphatic rings. The molecule has 0 aliphatic heterocycles. The standard InChI is InChI=1S/C20H17N3S/c1-14-7-6-10-18(15(14)2)22-12-17(11-21)20-23-19(13-24-20)16-8-4-3-5-9-16/h3-10,12-13,22H,1-2H3/b17-12+. The Hall–Kier alpha value is -2.90. The number of nitrogens with zero attached hydrogens (tertiary/aromatic N) is 2. The minimum Gasteiger partial charge on any atom is -0.360 e. The van der Waals surface area contributed by atoms with E-state index in [0.29, 0.717) is 10.6 Å². The number of hydrogen-bond acceptors (Lipinski definition) is 4. The number of aryl methyl sites for hydroxylation is 1. The molecule has 0 unspecified atom stereocenters. The van der Waals surface area contributed by atoms with Gasteiger partial charge < -0.3 is 5.32 Å². The molecule has 3 nitrogen and oxygen atoms in total. The van der Waals surface area contributed by atoms with E-state index < -0.39 is 0 Å². The molecule has 0 saturated carbocycles. The maximum absolute atomic E-state index is 9.47. The Kier molecular flexibility index (Phi) is 4.74. The predicted molar refractivity (Wildman–Crippen MR) is 101 cm³/mol. The summed E-state index contributed by atoms with van der Waals surface area (Å²) in [6, 6.07) is 18.3. The van der Waals surface area contributed by atoms with Crippen molar-refractivity contribution < 1.29 is 0 Å². The lowest BCUT2D eigenvalue weighted by molar-refractivity contribution is 1.33. The summed E-state index contributed by atoms with van der Waals surface area (Å²) in [6.07, 6.45) is 1.73. The lowest BCUT2D eigenvalue weighted by atomic mass is 10.1. The SMILES string of the molecule is Cc1cccc(N/C=C(\C#N)c2nc(-c3ccccc3)cs2)c1C. The van der Waals surface area contributed by atoms with Gasteiger partial charge in [-0.15, -0.1) is 11.3 Å². The second kappa shape index (κ2) is 7.12. The van der Waals surface area contributed by atoms with Crippen molar-refractivity contribution in [2.24, 2.45) is 0 Å². The number of allylic oxidation sites excluding steroid dienone is 1. The molecule has 0 bridgehead atoms. The van der Waals surface area contributed by atoms with E-state index in [2.05, 4.69) is 36.3 Å². The molecule has 0 spiro atoms. The lowest BCUT2D eigenvalue weighted by Gasteiger charge is -2.08. The van der Waals surface area contributed by atoms with Gasteiger partial charge in [-0.25, -0.2) is 4.98 Å². The number of nitriles is 1. The topological polar surface area (TPSA) is 48.7 Å². The lowest BCUT2D eigenvalue weighted by Crippen LogP contribution is -1.95. The molecule has 0 amide bonds. The normalized spacial score (nSPS) is 11.1. The molecule has 0 radical (unpaired) electrons. The largest absolute Gasteiger partial charge is 0.360 e. The number of thiazole rings is 1. The summed E-state index contributed by atoms with van der Waals surface area (Å²) in [4.78, 5) is 4.59. The van der Waals surface area contributed by atoms with Gasteiger partial charge in [0.1, 0.15) is 16.6 Å². The van der Waals surface area contributed by atoms with E-state index in [-0.39, 0.29) is 0 Å². The van der Waals surface area contributed by atoms with Crippen molar-refractivity contribution in [2.45, 2.75) is 13.8 Å². The molecule has 0 saturated heterocycles. The molecule has 0 atom stereocenters. The van der Waals surface area contributed by atoms with Gasteiger partial charge in [-0.3, -0.25) is 0 Å². The maximum atomic E-state index is 9.47. The van der Waals surface area contributed by atoms with Gasteiger partial charge in [0.15, 0.2) is 0 Å². The van der Waals surface area contributed by atoms with Gasteiger partial charge in [0.2, 0.25) is 0 Å². The third kappa shape index (κ3) is 3.37. The van der Waals surface area contributed by atoms with Crippen LogP contribution in [0.1, 0.15) is 16.1 Å². The average Bonchev–Trinajstić information content (AvgIpc) is 3.10. The summed E-state index contributed by atoms with van der Waals surface area (Å²) in [6.45, 7) is 4.14. The molecule has 0 fully saturated rings. The molecule has 24 heavy (non-hydrogen) atoms. The minimum atomic E-state index is 0.531. The summed E-state index contributed by atoms with van der Waals surface area (Å²) in [5, 5.41) is 15.4. The van der Waals surface area contributed by atoms with Crippen LogP contribution in [0.15, 0.2) is 60.1 Å². The van der Waals surface area contributed by atoms with Crippen LogP contribution in [0.2, 0.25) is 0 Å². The Morgan fingerprint density at radius 2 is 1.92 bits per heavy atom. The number of anilines is 1. The summed E-state index contributed by atoms with van der Waals surface area (Å²) < 4.78 is 0. The zero-order valence-corrected chi connectivity index (χ0v) is 14.4. The molecular weight excluding hydrogens is 314 g/mol. The Morgan fingerprint density at radius 3 is 2.67 bits per heavy atom. The number of rotatable bonds is 4. The first-order chi connectivity index (χ1) is 11.7. The van der Waals surface area contributed by atoms with Crippen LogP contribution in [-0.2, 0) is 0 Å². The first-order valence-electron chi connectivity index (χ1n) is 7.63. The fourth-order valence-corrected chi connectivity index (χ4v) is 3.13. The average molecular weight is 331 g/mol. The summed E-state index contributed by atoms with van der Waals surface area (Å²) in [5.74, 6) is 0. The van der Waals surface area contributed by atoms with Gasteiger partial charge in [0.05, 0.1) is 5.69 Å². The second-order valence-electron chi connectivity index (χ2n) is 5.47. The van der Waals surface area contributed by atoms with Crippen LogP contribution in [0.5, 0.6) is 0 Å². The highest BCUT2D eigenvalue weighted by molar-refractivity contribution is 7.11. The quantitative estimate of drug-likeness (QED) is 0.651. The highest BCUT2D eigenvalue weighted by Crippen LogP contribution is 2.26. The Morgan fingerprint density at radius 1 is 1.12 bits per heavy atom. The van der Waals surface area contributed by atoms with Gasteiger partial charge in [-0.2, -0.15) is 5.26 Å². The third-order valence-electron chi connectivity index (χ3n) is 3.90. The molecule has 118 valence electrons. The fraction of sp³-hybridized carbons (Fsp3) is 0.100. The van der Waals surface area contributed by atoms with E-state index >= 15 is 0 Å². The van der Waals surface area contributed by atoms with E-state index in [9.17, 15) is 5.26 Å². The minimum absolute atomic E-state index is 0.531. The van der Waals surface area contributed by atoms with Crippen molar-refractivity contribution in [3.63, 3.8) is 0 Å². The molecule has 3 aromatic rings. The highest BCUT2D eigenvalue weighted by atomic mass is 32.1. The molecule has 4 heteroatoms. The van der Waals surface area contributed by atoms with E-state index in [0.717, 1.165) is 16.9 Å². The van der Waals surface area contributed by atoms with Gasteiger partial charge in [-0.05, 0) is 31.0 Å². The van der Waals surface area contributed by atoms with Crippen LogP contribution in [0.3, 0.4) is 0 Å². The third-order valence-corrected chi connectivity index (χ3v) is 4.78. The highest BCUT2D eigenvalue weighted by Gasteiger charge is 2.09. The summed E-state index contributed by atoms with van der Waals surface area (Å²) in [7, 11) is 0. The monoisotopic (exact) mass is 331 g/mol. The van der Waals surface area contributed by atoms with Crippen molar-refractivity contribution in [3.8, 4) is 17.3 Å². The van der Waals surface area contributed by atoms with Crippen LogP contribution >= 0.6 is 11.3 Å². The molecule has 3 rings (SSSR count). The van der Waals surface area contributed by atoms with Gasteiger partial charge in [0, 0.05) is 22.8 Å². The summed E-state index contributed by atoms with van der Waals surface area (Å²) in [5.41, 5.74) is 5.87. The van der Waals surface area contributed by atoms with Crippen LogP contribution in [-0.4, -0.2) is 4.98 Å². The first kappa shape index (κ1) is 16.0. The van der Waals surface area contributed by atoms with E-state index in [1.165, 1.54) is 22.5 Å². The fourth-order valence-electron chi connectivity index (χ4n) is 2.34. The van der Waals surface area contributed by atoms with Crippen molar-refractivity contribution in [2.75, 3.05) is 5.32 Å². The molecule has 0 aliphatic carbocycles. The molecular formula is C20H17N3S. The van der Waals surface area contributed by atoms with Crippen LogP contribution in [0, 0.1) is 25.2 Å².